The smallest absolute Gasteiger partial charge is 0.309 e. The summed E-state index contributed by atoms with van der Waals surface area (Å²) < 4.78 is 43.7. The lowest BCUT2D eigenvalue weighted by Crippen LogP contribution is -2.41. The number of rotatable bonds is 6. The predicted molar refractivity (Wildman–Crippen MR) is 124 cm³/mol. The highest BCUT2D eigenvalue weighted by Crippen LogP contribution is 2.34. The van der Waals surface area contributed by atoms with Crippen molar-refractivity contribution in [3.63, 3.8) is 0 Å². The molecule has 1 atom stereocenters. The van der Waals surface area contributed by atoms with Crippen LogP contribution in [0.2, 0.25) is 0 Å². The fourth-order valence-corrected chi connectivity index (χ4v) is 5.39. The van der Waals surface area contributed by atoms with Gasteiger partial charge in [0.05, 0.1) is 22.4 Å². The van der Waals surface area contributed by atoms with Gasteiger partial charge in [-0.2, -0.15) is 9.57 Å². The summed E-state index contributed by atoms with van der Waals surface area (Å²) in [6.45, 7) is 2.53. The molecule has 1 fully saturated rings. The van der Waals surface area contributed by atoms with E-state index in [1.807, 2.05) is 6.07 Å². The largest absolute Gasteiger partial charge is 0.486 e. The van der Waals surface area contributed by atoms with E-state index in [4.69, 9.17) is 19.5 Å². The number of sulfonamides is 1. The minimum absolute atomic E-state index is 0.105. The molecule has 2 aliphatic heterocycles. The lowest BCUT2D eigenvalue weighted by atomic mass is 9.98. The molecule has 0 aliphatic carbocycles. The van der Waals surface area contributed by atoms with Gasteiger partial charge >= 0.3 is 5.97 Å². The number of carbonyl (C=O) groups is 2. The Labute approximate surface area is 203 Å². The van der Waals surface area contributed by atoms with Gasteiger partial charge in [0.25, 0.3) is 5.91 Å². The number of esters is 1. The van der Waals surface area contributed by atoms with E-state index in [1.54, 1.807) is 24.3 Å². The zero-order valence-electron chi connectivity index (χ0n) is 19.1. The highest BCUT2D eigenvalue weighted by Gasteiger charge is 2.34. The molecule has 11 heteroatoms. The topological polar surface area (TPSA) is 135 Å². The third kappa shape index (κ3) is 5.55. The summed E-state index contributed by atoms with van der Waals surface area (Å²) in [5.41, 5.74) is 0.819. The Kier molecular flexibility index (Phi) is 7.23. The van der Waals surface area contributed by atoms with Gasteiger partial charge in [-0.3, -0.25) is 9.59 Å². The first-order valence-corrected chi connectivity index (χ1v) is 12.6. The standard InChI is InChI=1S/C24H25N3O7S/c1-16(23(28)26-19-4-2-3-17(13-19)15-25)34-24(29)18-7-9-27(10-8-18)35(30,31)20-5-6-21-22(14-20)33-12-11-32-21/h2-6,13-14,16,18H,7-12H2,1H3,(H,26,28)/t16-/m1/s1. The summed E-state index contributed by atoms with van der Waals surface area (Å²) in [6.07, 6.45) is -0.491. The first-order valence-electron chi connectivity index (χ1n) is 11.2. The summed E-state index contributed by atoms with van der Waals surface area (Å²) in [7, 11) is -3.76. The van der Waals surface area contributed by atoms with Gasteiger partial charge in [-0.1, -0.05) is 6.07 Å². The van der Waals surface area contributed by atoms with Crippen LogP contribution in [0.4, 0.5) is 5.69 Å². The molecule has 2 heterocycles. The van der Waals surface area contributed by atoms with Crippen molar-refractivity contribution < 1.29 is 32.2 Å². The van der Waals surface area contributed by atoms with Crippen molar-refractivity contribution in [1.82, 2.24) is 4.31 Å². The second kappa shape index (κ2) is 10.3. The molecule has 0 bridgehead atoms. The molecule has 10 nitrogen and oxygen atoms in total. The number of fused-ring (bicyclic) bond motifs is 1. The normalized spacial score (nSPS) is 17.1. The molecular weight excluding hydrogens is 474 g/mol. The fourth-order valence-electron chi connectivity index (χ4n) is 3.90. The number of nitrogens with zero attached hydrogens (tertiary/aromatic N) is 2. The van der Waals surface area contributed by atoms with E-state index in [9.17, 15) is 18.0 Å². The van der Waals surface area contributed by atoms with Crippen molar-refractivity contribution in [2.75, 3.05) is 31.6 Å². The van der Waals surface area contributed by atoms with Crippen LogP contribution >= 0.6 is 0 Å². The minimum Gasteiger partial charge on any atom is -0.486 e. The quantitative estimate of drug-likeness (QED) is 0.598. The Bertz CT molecular complexity index is 1260. The van der Waals surface area contributed by atoms with Gasteiger partial charge in [-0.25, -0.2) is 8.42 Å². The number of carbonyl (C=O) groups excluding carboxylic acids is 2. The summed E-state index contributed by atoms with van der Waals surface area (Å²) in [5.74, 6) is -0.685. The summed E-state index contributed by atoms with van der Waals surface area (Å²) in [4.78, 5) is 25.1. The van der Waals surface area contributed by atoms with E-state index in [1.165, 1.54) is 29.4 Å². The second-order valence-electron chi connectivity index (χ2n) is 8.24. The van der Waals surface area contributed by atoms with Gasteiger partial charge in [-0.05, 0) is 50.1 Å². The first-order chi connectivity index (χ1) is 16.8. The number of hydrogen-bond donors (Lipinski definition) is 1. The van der Waals surface area contributed by atoms with Gasteiger partial charge in [-0.15, -0.1) is 0 Å². The van der Waals surface area contributed by atoms with E-state index in [0.29, 0.717) is 36.0 Å². The van der Waals surface area contributed by atoms with E-state index >= 15 is 0 Å². The summed E-state index contributed by atoms with van der Waals surface area (Å²) >= 11 is 0. The first kappa shape index (κ1) is 24.5. The van der Waals surface area contributed by atoms with Crippen molar-refractivity contribution in [3.8, 4) is 17.6 Å². The van der Waals surface area contributed by atoms with Gasteiger partial charge in [0.1, 0.15) is 13.2 Å². The van der Waals surface area contributed by atoms with Crippen molar-refractivity contribution in [1.29, 1.82) is 5.26 Å². The van der Waals surface area contributed by atoms with Crippen molar-refractivity contribution >= 4 is 27.6 Å². The number of anilines is 1. The molecule has 0 radical (unpaired) electrons. The van der Waals surface area contributed by atoms with Crippen molar-refractivity contribution in [3.05, 3.63) is 48.0 Å². The molecule has 0 saturated carbocycles. The molecule has 1 amide bonds. The van der Waals surface area contributed by atoms with Gasteiger partial charge in [0.2, 0.25) is 10.0 Å². The van der Waals surface area contributed by atoms with Crippen LogP contribution in [-0.2, 0) is 24.3 Å². The molecule has 2 aliphatic rings. The Balaban J connectivity index is 1.31. The monoisotopic (exact) mass is 499 g/mol. The molecule has 1 saturated heterocycles. The lowest BCUT2D eigenvalue weighted by Gasteiger charge is -2.30. The van der Waals surface area contributed by atoms with E-state index in [2.05, 4.69) is 5.32 Å². The van der Waals surface area contributed by atoms with Crippen LogP contribution < -0.4 is 14.8 Å². The molecule has 2 aromatic rings. The number of nitrogens with one attached hydrogen (secondary N) is 1. The molecule has 0 unspecified atom stereocenters. The van der Waals surface area contributed by atoms with Crippen LogP contribution in [0.3, 0.4) is 0 Å². The molecule has 35 heavy (non-hydrogen) atoms. The lowest BCUT2D eigenvalue weighted by molar-refractivity contribution is -0.158. The van der Waals surface area contributed by atoms with Crippen LogP contribution in [0, 0.1) is 17.2 Å². The van der Waals surface area contributed by atoms with E-state index in [0.717, 1.165) is 0 Å². The second-order valence-corrected chi connectivity index (χ2v) is 10.2. The van der Waals surface area contributed by atoms with Gasteiger partial charge in [0, 0.05) is 24.8 Å². The maximum Gasteiger partial charge on any atom is 0.309 e. The van der Waals surface area contributed by atoms with E-state index in [-0.39, 0.29) is 30.8 Å². The SMILES string of the molecule is C[C@@H](OC(=O)C1CCN(S(=O)(=O)c2ccc3c(c2)OCCO3)CC1)C(=O)Nc1cccc(C#N)c1. The van der Waals surface area contributed by atoms with Crippen molar-refractivity contribution in [2.45, 2.75) is 30.8 Å². The van der Waals surface area contributed by atoms with Gasteiger partial charge < -0.3 is 19.5 Å². The maximum absolute atomic E-state index is 13.1. The van der Waals surface area contributed by atoms with Crippen LogP contribution in [0.5, 0.6) is 11.5 Å². The molecule has 184 valence electrons. The Hall–Kier alpha value is -3.62. The van der Waals surface area contributed by atoms with Crippen LogP contribution in [0.1, 0.15) is 25.3 Å². The zero-order valence-corrected chi connectivity index (χ0v) is 19.9. The molecular formula is C24H25N3O7S. The number of ether oxygens (including phenoxy) is 3. The zero-order chi connectivity index (χ0) is 25.0. The summed E-state index contributed by atoms with van der Waals surface area (Å²) in [5, 5.41) is 11.6. The Morgan fingerprint density at radius 3 is 2.54 bits per heavy atom. The highest BCUT2D eigenvalue weighted by atomic mass is 32.2. The average Bonchev–Trinajstić information content (AvgIpc) is 2.88. The van der Waals surface area contributed by atoms with Gasteiger partial charge in [0.15, 0.2) is 17.6 Å². The minimum atomic E-state index is -3.76. The molecule has 2 aromatic carbocycles. The number of nitriles is 1. The third-order valence-corrected chi connectivity index (χ3v) is 7.75. The highest BCUT2D eigenvalue weighted by molar-refractivity contribution is 7.89. The number of hydrogen-bond acceptors (Lipinski definition) is 8. The molecule has 1 N–H and O–H groups in total. The van der Waals surface area contributed by atoms with Crippen LogP contribution in [0.25, 0.3) is 0 Å². The van der Waals surface area contributed by atoms with Crippen LogP contribution in [-0.4, -0.2) is 57.0 Å². The maximum atomic E-state index is 13.1. The predicted octanol–water partition coefficient (Wildman–Crippen LogP) is 2.30. The fraction of sp³-hybridized carbons (Fsp3) is 0.375. The molecule has 0 spiro atoms. The Morgan fingerprint density at radius 1 is 1.11 bits per heavy atom. The average molecular weight is 500 g/mol. The molecule has 0 aromatic heterocycles. The number of piperidine rings is 1. The Morgan fingerprint density at radius 2 is 1.83 bits per heavy atom. The van der Waals surface area contributed by atoms with E-state index < -0.39 is 33.9 Å². The van der Waals surface area contributed by atoms with Crippen LogP contribution in [0.15, 0.2) is 47.4 Å². The third-order valence-electron chi connectivity index (χ3n) is 5.86. The number of amides is 1. The summed E-state index contributed by atoms with van der Waals surface area (Å²) in [6, 6.07) is 12.9. The number of benzene rings is 2. The molecule has 4 rings (SSSR count). The van der Waals surface area contributed by atoms with Crippen molar-refractivity contribution in [2.24, 2.45) is 5.92 Å².